The van der Waals surface area contributed by atoms with Crippen LogP contribution < -0.4 is 14.4 Å². The maximum Gasteiger partial charge on any atom is 0.220 e. The van der Waals surface area contributed by atoms with Crippen LogP contribution in [0.1, 0.15) is 72.4 Å². The first kappa shape index (κ1) is 30.5. The quantitative estimate of drug-likeness (QED) is 0.310. The minimum atomic E-state index is -0.122. The van der Waals surface area contributed by atoms with Gasteiger partial charge in [-0.25, -0.2) is 0 Å². The lowest BCUT2D eigenvalue weighted by atomic mass is 10.1. The zero-order valence-corrected chi connectivity index (χ0v) is 23.1. The first-order valence-electron chi connectivity index (χ1n) is 12.7. The Bertz CT molecular complexity index is 857. The van der Waals surface area contributed by atoms with Gasteiger partial charge in [0.25, 0.3) is 0 Å². The lowest BCUT2D eigenvalue weighted by Crippen LogP contribution is -2.27. The van der Waals surface area contributed by atoms with Gasteiger partial charge in [-0.15, -0.1) is 5.10 Å². The molecular weight excluding hydrogens is 462 g/mol. The SMILES string of the molecule is CC.CCC(=O)CCC(=O)NCCn1cc(COc2ccc(N(C)SCCC(C)CC)cc2)nn1. The number of anilines is 1. The summed E-state index contributed by atoms with van der Waals surface area (Å²) < 4.78 is 9.70. The van der Waals surface area contributed by atoms with E-state index in [0.29, 0.717) is 32.5 Å². The number of rotatable bonds is 16. The van der Waals surface area contributed by atoms with E-state index in [1.165, 1.54) is 12.8 Å². The van der Waals surface area contributed by atoms with Crippen molar-refractivity contribution in [3.63, 3.8) is 0 Å². The second-order valence-corrected chi connectivity index (χ2v) is 9.34. The first-order chi connectivity index (χ1) is 16.9. The van der Waals surface area contributed by atoms with E-state index >= 15 is 0 Å². The number of Topliss-reactive ketones (excluding diaryl/α,β-unsaturated/α-hetero) is 1. The fraction of sp³-hybridized carbons (Fsp3) is 0.615. The van der Waals surface area contributed by atoms with E-state index in [4.69, 9.17) is 4.74 Å². The Hall–Kier alpha value is -2.55. The van der Waals surface area contributed by atoms with E-state index in [1.807, 2.05) is 44.1 Å². The molecule has 8 nitrogen and oxygen atoms in total. The minimum Gasteiger partial charge on any atom is -0.487 e. The zero-order chi connectivity index (χ0) is 26.1. The van der Waals surface area contributed by atoms with Gasteiger partial charge >= 0.3 is 0 Å². The van der Waals surface area contributed by atoms with Gasteiger partial charge in [0.15, 0.2) is 0 Å². The van der Waals surface area contributed by atoms with Gasteiger partial charge in [-0.05, 0) is 36.6 Å². The predicted octanol–water partition coefficient (Wildman–Crippen LogP) is 5.28. The Balaban J connectivity index is 0.00000298. The Kier molecular flexibility index (Phi) is 15.5. The summed E-state index contributed by atoms with van der Waals surface area (Å²) in [5.41, 5.74) is 1.86. The van der Waals surface area contributed by atoms with Gasteiger partial charge < -0.3 is 14.4 Å². The second-order valence-electron chi connectivity index (χ2n) is 8.13. The average Bonchev–Trinajstić information content (AvgIpc) is 3.34. The second kappa shape index (κ2) is 17.8. The van der Waals surface area contributed by atoms with E-state index in [9.17, 15) is 9.59 Å². The highest BCUT2D eigenvalue weighted by molar-refractivity contribution is 8.00. The predicted molar refractivity (Wildman–Crippen MR) is 145 cm³/mol. The summed E-state index contributed by atoms with van der Waals surface area (Å²) in [5, 5.41) is 11.0. The number of amides is 1. The number of ether oxygens (including phenoxy) is 1. The van der Waals surface area contributed by atoms with Crippen molar-refractivity contribution in [1.29, 1.82) is 0 Å². The van der Waals surface area contributed by atoms with Gasteiger partial charge in [0.05, 0.1) is 12.7 Å². The molecule has 9 heteroatoms. The van der Waals surface area contributed by atoms with Gasteiger partial charge in [0, 0.05) is 44.3 Å². The molecule has 0 aliphatic rings. The number of benzene rings is 1. The third-order valence-electron chi connectivity index (χ3n) is 5.45. The van der Waals surface area contributed by atoms with Crippen LogP contribution in [0.4, 0.5) is 5.69 Å². The molecule has 0 spiro atoms. The Morgan fingerprint density at radius 1 is 1.17 bits per heavy atom. The molecule has 1 unspecified atom stereocenters. The Morgan fingerprint density at radius 3 is 2.54 bits per heavy atom. The summed E-state index contributed by atoms with van der Waals surface area (Å²) in [6.07, 6.45) is 5.25. The molecule has 1 atom stereocenters. The highest BCUT2D eigenvalue weighted by atomic mass is 32.2. The average molecular weight is 506 g/mol. The molecule has 196 valence electrons. The summed E-state index contributed by atoms with van der Waals surface area (Å²) >= 11 is 1.84. The van der Waals surface area contributed by atoms with Crippen molar-refractivity contribution in [3.05, 3.63) is 36.2 Å². The number of ketones is 1. The summed E-state index contributed by atoms with van der Waals surface area (Å²) in [6.45, 7) is 11.6. The number of hydrogen-bond donors (Lipinski definition) is 1. The van der Waals surface area contributed by atoms with Crippen LogP contribution in [0.25, 0.3) is 0 Å². The van der Waals surface area contributed by atoms with Gasteiger partial charge in [0.1, 0.15) is 23.8 Å². The molecule has 1 aromatic heterocycles. The zero-order valence-electron chi connectivity index (χ0n) is 22.2. The summed E-state index contributed by atoms with van der Waals surface area (Å²) in [4.78, 5) is 23.0. The molecule has 0 aliphatic carbocycles. The molecule has 1 aromatic carbocycles. The maximum absolute atomic E-state index is 11.7. The molecule has 2 rings (SSSR count). The van der Waals surface area contributed by atoms with Crippen LogP contribution in [0, 0.1) is 5.92 Å². The molecule has 1 N–H and O–H groups in total. The lowest BCUT2D eigenvalue weighted by molar-refractivity contribution is -0.125. The van der Waals surface area contributed by atoms with Gasteiger partial charge in [0.2, 0.25) is 5.91 Å². The fourth-order valence-corrected chi connectivity index (χ4v) is 3.97. The highest BCUT2D eigenvalue weighted by Crippen LogP contribution is 2.25. The topological polar surface area (TPSA) is 89.4 Å². The van der Waals surface area contributed by atoms with Crippen molar-refractivity contribution in [2.45, 2.75) is 79.9 Å². The molecule has 1 heterocycles. The Labute approximate surface area is 215 Å². The molecular formula is C26H43N5O3S. The van der Waals surface area contributed by atoms with Crippen LogP contribution in [0.2, 0.25) is 0 Å². The van der Waals surface area contributed by atoms with Crippen LogP contribution in [0.3, 0.4) is 0 Å². The number of carbonyl (C=O) groups excluding carboxylic acids is 2. The Morgan fingerprint density at radius 2 is 1.89 bits per heavy atom. The number of aromatic nitrogens is 3. The van der Waals surface area contributed by atoms with Gasteiger partial charge in [-0.1, -0.05) is 58.2 Å². The molecule has 0 saturated carbocycles. The lowest BCUT2D eigenvalue weighted by Gasteiger charge is -2.19. The van der Waals surface area contributed by atoms with Crippen LogP contribution in [-0.4, -0.2) is 46.0 Å². The van der Waals surface area contributed by atoms with Crippen LogP contribution in [0.15, 0.2) is 30.5 Å². The van der Waals surface area contributed by atoms with Gasteiger partial charge in [-0.2, -0.15) is 0 Å². The molecule has 0 bridgehead atoms. The standard InChI is InChI=1S/C24H37N5O3S.C2H6/c1-5-19(3)13-16-33-28(4)21-7-10-23(11-8-21)32-18-20-17-29(27-26-20)15-14-25-24(31)12-9-22(30)6-2;1-2/h7-8,10-11,17,19H,5-6,9,12-16,18H2,1-4H3,(H,25,31);1-2H3. The summed E-state index contributed by atoms with van der Waals surface area (Å²) in [7, 11) is 2.09. The summed E-state index contributed by atoms with van der Waals surface area (Å²) in [5.74, 6) is 2.63. The summed E-state index contributed by atoms with van der Waals surface area (Å²) in [6, 6.07) is 8.03. The molecule has 0 fully saturated rings. The van der Waals surface area contributed by atoms with E-state index in [0.717, 1.165) is 28.8 Å². The smallest absolute Gasteiger partial charge is 0.220 e. The minimum absolute atomic E-state index is 0.101. The van der Waals surface area contributed by atoms with Gasteiger partial charge in [-0.3, -0.25) is 14.3 Å². The molecule has 0 radical (unpaired) electrons. The van der Waals surface area contributed by atoms with E-state index in [-0.39, 0.29) is 18.1 Å². The number of hydrogen-bond acceptors (Lipinski definition) is 7. The molecule has 1 amide bonds. The van der Waals surface area contributed by atoms with Crippen LogP contribution in [-0.2, 0) is 22.7 Å². The molecule has 2 aromatic rings. The number of nitrogens with zero attached hydrogens (tertiary/aromatic N) is 4. The van der Waals surface area contributed by atoms with Crippen molar-refractivity contribution < 1.29 is 14.3 Å². The molecule has 0 saturated heterocycles. The van der Waals surface area contributed by atoms with E-state index < -0.39 is 0 Å². The third-order valence-corrected chi connectivity index (χ3v) is 6.47. The third kappa shape index (κ3) is 12.6. The van der Waals surface area contributed by atoms with Crippen LogP contribution in [0.5, 0.6) is 5.75 Å². The van der Waals surface area contributed by atoms with E-state index in [1.54, 1.807) is 11.6 Å². The van der Waals surface area contributed by atoms with Crippen LogP contribution >= 0.6 is 11.9 Å². The molecule has 35 heavy (non-hydrogen) atoms. The van der Waals surface area contributed by atoms with Crippen molar-refractivity contribution in [2.24, 2.45) is 5.92 Å². The molecule has 0 aliphatic heterocycles. The monoisotopic (exact) mass is 505 g/mol. The first-order valence-corrected chi connectivity index (χ1v) is 13.6. The fourth-order valence-electron chi connectivity index (χ4n) is 2.92. The number of nitrogens with one attached hydrogen (secondary N) is 1. The highest BCUT2D eigenvalue weighted by Gasteiger charge is 2.07. The van der Waals surface area contributed by atoms with Crippen molar-refractivity contribution in [3.8, 4) is 5.75 Å². The normalized spacial score (nSPS) is 11.3. The van der Waals surface area contributed by atoms with Crippen molar-refractivity contribution in [2.75, 3.05) is 23.7 Å². The van der Waals surface area contributed by atoms with Crippen molar-refractivity contribution in [1.82, 2.24) is 20.3 Å². The number of carbonyl (C=O) groups is 2. The maximum atomic E-state index is 11.7. The van der Waals surface area contributed by atoms with Crippen molar-refractivity contribution >= 4 is 29.3 Å². The largest absolute Gasteiger partial charge is 0.487 e. The van der Waals surface area contributed by atoms with E-state index in [2.05, 4.69) is 53.0 Å².